The van der Waals surface area contributed by atoms with Crippen molar-refractivity contribution in [3.63, 3.8) is 0 Å². The van der Waals surface area contributed by atoms with Crippen LogP contribution in [-0.4, -0.2) is 22.2 Å². The first-order valence-corrected chi connectivity index (χ1v) is 7.22. The van der Waals surface area contributed by atoms with Crippen LogP contribution in [-0.2, 0) is 14.3 Å². The lowest BCUT2D eigenvalue weighted by atomic mass is 9.88. The van der Waals surface area contributed by atoms with Crippen molar-refractivity contribution in [1.29, 1.82) is 0 Å². The zero-order valence-electron chi connectivity index (χ0n) is 12.6. The number of hydrogen-bond acceptors (Lipinski definition) is 4. The molecule has 23 heavy (non-hydrogen) atoms. The number of benzene rings is 2. The van der Waals surface area contributed by atoms with Gasteiger partial charge in [0.15, 0.2) is 0 Å². The van der Waals surface area contributed by atoms with Crippen LogP contribution in [0.15, 0.2) is 60.7 Å². The minimum atomic E-state index is -1.66. The Labute approximate surface area is 134 Å². The summed E-state index contributed by atoms with van der Waals surface area (Å²) in [7, 11) is 0. The molecule has 2 N–H and O–H groups in total. The molecule has 0 spiro atoms. The average molecular weight is 314 g/mol. The van der Waals surface area contributed by atoms with Crippen molar-refractivity contribution in [1.82, 2.24) is 0 Å². The average Bonchev–Trinajstić information content (AvgIpc) is 2.59. The summed E-state index contributed by atoms with van der Waals surface area (Å²) < 4.78 is 5.10. The van der Waals surface area contributed by atoms with Gasteiger partial charge in [0.2, 0.25) is 0 Å². The van der Waals surface area contributed by atoms with Gasteiger partial charge in [0.1, 0.15) is 6.10 Å². The zero-order valence-corrected chi connectivity index (χ0v) is 12.6. The second-order valence-corrected chi connectivity index (χ2v) is 5.26. The third-order valence-corrected chi connectivity index (χ3v) is 3.65. The molecule has 5 nitrogen and oxygen atoms in total. The van der Waals surface area contributed by atoms with Crippen LogP contribution in [0.3, 0.4) is 0 Å². The lowest BCUT2D eigenvalue weighted by Crippen LogP contribution is -2.26. The molecule has 3 atom stereocenters. The van der Waals surface area contributed by atoms with Crippen LogP contribution in [0.4, 0.5) is 0 Å². The van der Waals surface area contributed by atoms with Crippen molar-refractivity contribution in [2.24, 2.45) is 5.92 Å². The normalized spacial score (nSPS) is 14.5. The van der Waals surface area contributed by atoms with Gasteiger partial charge in [-0.25, -0.2) is 9.59 Å². The van der Waals surface area contributed by atoms with Gasteiger partial charge in [0, 0.05) is 5.92 Å². The standard InChI is InChI=1S/C18H18O5/c1-12(15(19)13-8-4-2-5-9-13)16(23-18(22)17(20)21)14-10-6-3-7-11-14/h2-12,15-16,19H,1H3,(H,20,21). The van der Waals surface area contributed by atoms with E-state index in [0.717, 1.165) is 0 Å². The first-order chi connectivity index (χ1) is 11.0. The number of carboxylic acid groups (broad SMARTS) is 1. The minimum Gasteiger partial charge on any atom is -0.473 e. The molecular formula is C18H18O5. The van der Waals surface area contributed by atoms with Crippen molar-refractivity contribution in [2.75, 3.05) is 0 Å². The Balaban J connectivity index is 2.29. The van der Waals surface area contributed by atoms with E-state index in [0.29, 0.717) is 11.1 Å². The number of rotatable bonds is 5. The molecule has 2 rings (SSSR count). The summed E-state index contributed by atoms with van der Waals surface area (Å²) in [5.41, 5.74) is 1.30. The first kappa shape index (κ1) is 16.7. The van der Waals surface area contributed by atoms with Crippen molar-refractivity contribution in [2.45, 2.75) is 19.1 Å². The number of aliphatic hydroxyl groups excluding tert-OH is 1. The molecule has 0 radical (unpaired) electrons. The molecule has 0 aromatic heterocycles. The van der Waals surface area contributed by atoms with Crippen LogP contribution in [0, 0.1) is 5.92 Å². The molecule has 2 aromatic carbocycles. The van der Waals surface area contributed by atoms with Gasteiger partial charge in [-0.15, -0.1) is 0 Å². The highest BCUT2D eigenvalue weighted by Gasteiger charge is 2.31. The maximum Gasteiger partial charge on any atom is 0.417 e. The number of carboxylic acids is 1. The van der Waals surface area contributed by atoms with E-state index in [1.807, 2.05) is 6.07 Å². The van der Waals surface area contributed by atoms with E-state index < -0.39 is 30.1 Å². The molecule has 0 amide bonds. The Hall–Kier alpha value is -2.66. The predicted octanol–water partition coefficient (Wildman–Crippen LogP) is 2.73. The van der Waals surface area contributed by atoms with Gasteiger partial charge in [0.25, 0.3) is 0 Å². The first-order valence-electron chi connectivity index (χ1n) is 7.22. The highest BCUT2D eigenvalue weighted by Crippen LogP contribution is 2.35. The third kappa shape index (κ3) is 4.17. The molecule has 3 unspecified atom stereocenters. The fraction of sp³-hybridized carbons (Fsp3) is 0.222. The third-order valence-electron chi connectivity index (χ3n) is 3.65. The highest BCUT2D eigenvalue weighted by atomic mass is 16.6. The number of aliphatic hydroxyl groups is 1. The molecule has 0 saturated heterocycles. The lowest BCUT2D eigenvalue weighted by Gasteiger charge is -2.28. The van der Waals surface area contributed by atoms with Crippen molar-refractivity contribution in [3.05, 3.63) is 71.8 Å². The van der Waals surface area contributed by atoms with Crippen LogP contribution in [0.25, 0.3) is 0 Å². The van der Waals surface area contributed by atoms with Crippen LogP contribution in [0.5, 0.6) is 0 Å². The number of carbonyl (C=O) groups is 2. The smallest absolute Gasteiger partial charge is 0.417 e. The molecule has 0 heterocycles. The number of esters is 1. The van der Waals surface area contributed by atoms with Crippen LogP contribution in [0.2, 0.25) is 0 Å². The topological polar surface area (TPSA) is 83.8 Å². The Morgan fingerprint density at radius 1 is 0.913 bits per heavy atom. The fourth-order valence-corrected chi connectivity index (χ4v) is 2.41. The largest absolute Gasteiger partial charge is 0.473 e. The molecule has 0 bridgehead atoms. The summed E-state index contributed by atoms with van der Waals surface area (Å²) in [6.07, 6.45) is -1.77. The number of hydrogen-bond donors (Lipinski definition) is 2. The summed E-state index contributed by atoms with van der Waals surface area (Å²) >= 11 is 0. The van der Waals surface area contributed by atoms with Crippen LogP contribution >= 0.6 is 0 Å². The Kier molecular flexibility index (Phi) is 5.49. The molecule has 0 saturated carbocycles. The van der Waals surface area contributed by atoms with E-state index in [1.165, 1.54) is 0 Å². The monoisotopic (exact) mass is 314 g/mol. The van der Waals surface area contributed by atoms with Gasteiger partial charge in [0.05, 0.1) is 6.10 Å². The van der Waals surface area contributed by atoms with Gasteiger partial charge in [-0.05, 0) is 11.1 Å². The molecule has 0 fully saturated rings. The molecular weight excluding hydrogens is 296 g/mol. The quantitative estimate of drug-likeness (QED) is 0.655. The maximum atomic E-state index is 11.5. The van der Waals surface area contributed by atoms with Crippen molar-refractivity contribution >= 4 is 11.9 Å². The van der Waals surface area contributed by atoms with Crippen molar-refractivity contribution < 1.29 is 24.5 Å². The Bertz CT molecular complexity index is 654. The van der Waals surface area contributed by atoms with E-state index in [1.54, 1.807) is 61.5 Å². The Morgan fingerprint density at radius 2 is 1.39 bits per heavy atom. The van der Waals surface area contributed by atoms with E-state index in [-0.39, 0.29) is 0 Å². The van der Waals surface area contributed by atoms with E-state index >= 15 is 0 Å². The second kappa shape index (κ2) is 7.56. The number of ether oxygens (including phenoxy) is 1. The highest BCUT2D eigenvalue weighted by molar-refractivity contribution is 6.28. The van der Waals surface area contributed by atoms with E-state index in [2.05, 4.69) is 0 Å². The molecule has 5 heteroatoms. The van der Waals surface area contributed by atoms with Crippen molar-refractivity contribution in [3.8, 4) is 0 Å². The van der Waals surface area contributed by atoms with Crippen LogP contribution < -0.4 is 0 Å². The van der Waals surface area contributed by atoms with Crippen LogP contribution in [0.1, 0.15) is 30.3 Å². The van der Waals surface area contributed by atoms with E-state index in [9.17, 15) is 14.7 Å². The molecule has 0 aliphatic rings. The van der Waals surface area contributed by atoms with Gasteiger partial charge in [-0.1, -0.05) is 67.6 Å². The Morgan fingerprint density at radius 3 is 1.87 bits per heavy atom. The predicted molar refractivity (Wildman–Crippen MR) is 83.5 cm³/mol. The molecule has 0 aliphatic heterocycles. The molecule has 0 aliphatic carbocycles. The second-order valence-electron chi connectivity index (χ2n) is 5.26. The maximum absolute atomic E-state index is 11.5. The summed E-state index contributed by atoms with van der Waals surface area (Å²) in [4.78, 5) is 22.3. The fourth-order valence-electron chi connectivity index (χ4n) is 2.41. The minimum absolute atomic E-state index is 0.525. The summed E-state index contributed by atoms with van der Waals surface area (Å²) in [6, 6.07) is 17.7. The van der Waals surface area contributed by atoms with E-state index in [4.69, 9.17) is 9.84 Å². The summed E-state index contributed by atoms with van der Waals surface area (Å²) in [5.74, 6) is -3.53. The summed E-state index contributed by atoms with van der Waals surface area (Å²) in [6.45, 7) is 1.71. The zero-order chi connectivity index (χ0) is 16.8. The molecule has 2 aromatic rings. The number of carbonyl (C=O) groups excluding carboxylic acids is 1. The van der Waals surface area contributed by atoms with Gasteiger partial charge >= 0.3 is 11.9 Å². The lowest BCUT2D eigenvalue weighted by molar-refractivity contribution is -0.171. The van der Waals surface area contributed by atoms with Gasteiger partial charge < -0.3 is 14.9 Å². The molecule has 120 valence electrons. The van der Waals surface area contributed by atoms with Gasteiger partial charge in [-0.3, -0.25) is 0 Å². The SMILES string of the molecule is CC(C(O)c1ccccc1)C(OC(=O)C(=O)O)c1ccccc1. The van der Waals surface area contributed by atoms with Gasteiger partial charge in [-0.2, -0.15) is 0 Å². The number of aliphatic carboxylic acids is 1. The summed E-state index contributed by atoms with van der Waals surface area (Å²) in [5, 5.41) is 19.3.